The fourth-order valence-corrected chi connectivity index (χ4v) is 3.34. The van der Waals surface area contributed by atoms with Crippen molar-refractivity contribution in [3.05, 3.63) is 74.6 Å². The molecule has 0 saturated carbocycles. The summed E-state index contributed by atoms with van der Waals surface area (Å²) in [4.78, 5) is 27.1. The molecule has 0 spiro atoms. The topological polar surface area (TPSA) is 97.2 Å². The van der Waals surface area contributed by atoms with Gasteiger partial charge in [0.05, 0.1) is 22.0 Å². The summed E-state index contributed by atoms with van der Waals surface area (Å²) in [5.41, 5.74) is 3.35. The number of carbonyl (C=O) groups excluding carboxylic acids is 1. The van der Waals surface area contributed by atoms with E-state index in [0.29, 0.717) is 18.8 Å². The van der Waals surface area contributed by atoms with E-state index in [0.717, 1.165) is 21.8 Å². The largest absolute Gasteiger partial charge is 0.378 e. The predicted octanol–water partition coefficient (Wildman–Crippen LogP) is 3.80. The van der Waals surface area contributed by atoms with Gasteiger partial charge < -0.3 is 10.6 Å². The standard InChI is InChI=1S/C20H20N4O3S/c1-14-23-18(13-28-14)16-8-6-15(7-9-16)12-20(25)22-11-10-21-17-4-2-3-5-19(17)24(26)27/h2-9,13,21H,10-12H2,1H3,(H,22,25). The summed E-state index contributed by atoms with van der Waals surface area (Å²) in [6.07, 6.45) is 0.280. The van der Waals surface area contributed by atoms with E-state index in [1.165, 1.54) is 6.07 Å². The molecule has 8 heteroatoms. The number of hydrogen-bond donors (Lipinski definition) is 2. The zero-order chi connectivity index (χ0) is 19.9. The van der Waals surface area contributed by atoms with Gasteiger partial charge >= 0.3 is 0 Å². The summed E-state index contributed by atoms with van der Waals surface area (Å²) >= 11 is 1.61. The number of aryl methyl sites for hydroxylation is 1. The number of amides is 1. The van der Waals surface area contributed by atoms with Crippen LogP contribution in [0.25, 0.3) is 11.3 Å². The molecule has 1 amide bonds. The molecule has 3 aromatic rings. The Hall–Kier alpha value is -3.26. The molecule has 0 unspecified atom stereocenters. The zero-order valence-electron chi connectivity index (χ0n) is 15.3. The van der Waals surface area contributed by atoms with E-state index >= 15 is 0 Å². The summed E-state index contributed by atoms with van der Waals surface area (Å²) in [5.74, 6) is -0.0957. The normalized spacial score (nSPS) is 10.5. The molecule has 0 saturated heterocycles. The van der Waals surface area contributed by atoms with Crippen molar-refractivity contribution in [3.63, 3.8) is 0 Å². The van der Waals surface area contributed by atoms with Gasteiger partial charge in [0.15, 0.2) is 0 Å². The van der Waals surface area contributed by atoms with Gasteiger partial charge in [-0.05, 0) is 18.6 Å². The van der Waals surface area contributed by atoms with Crippen LogP contribution in [0.1, 0.15) is 10.6 Å². The fourth-order valence-electron chi connectivity index (χ4n) is 2.72. The summed E-state index contributed by atoms with van der Waals surface area (Å²) in [7, 11) is 0. The highest BCUT2D eigenvalue weighted by Crippen LogP contribution is 2.23. The number of thiazole rings is 1. The van der Waals surface area contributed by atoms with Crippen LogP contribution in [0.3, 0.4) is 0 Å². The Balaban J connectivity index is 1.45. The molecule has 0 fully saturated rings. The quantitative estimate of drug-likeness (QED) is 0.343. The van der Waals surface area contributed by atoms with Gasteiger partial charge in [0, 0.05) is 30.1 Å². The molecule has 0 aliphatic heterocycles. The van der Waals surface area contributed by atoms with Crippen molar-refractivity contribution in [3.8, 4) is 11.3 Å². The van der Waals surface area contributed by atoms with Crippen molar-refractivity contribution in [2.75, 3.05) is 18.4 Å². The molecule has 2 N–H and O–H groups in total. The van der Waals surface area contributed by atoms with Crippen molar-refractivity contribution in [2.24, 2.45) is 0 Å². The second-order valence-corrected chi connectivity index (χ2v) is 7.24. The Labute approximate surface area is 166 Å². The number of nitro benzene ring substituents is 1. The molecule has 1 aromatic heterocycles. The molecule has 0 bridgehead atoms. The van der Waals surface area contributed by atoms with Crippen LogP contribution in [-0.4, -0.2) is 28.9 Å². The van der Waals surface area contributed by atoms with Gasteiger partial charge in [-0.25, -0.2) is 4.98 Å². The lowest BCUT2D eigenvalue weighted by molar-refractivity contribution is -0.384. The first kappa shape index (κ1) is 19.5. The van der Waals surface area contributed by atoms with Gasteiger partial charge in [0.25, 0.3) is 5.69 Å². The number of nitro groups is 1. The van der Waals surface area contributed by atoms with Crippen LogP contribution in [0.2, 0.25) is 0 Å². The maximum Gasteiger partial charge on any atom is 0.292 e. The Bertz CT molecular complexity index is 970. The highest BCUT2D eigenvalue weighted by molar-refractivity contribution is 7.09. The summed E-state index contributed by atoms with van der Waals surface area (Å²) in [5, 5.41) is 19.8. The van der Waals surface area contributed by atoms with Crippen molar-refractivity contribution >= 4 is 28.6 Å². The molecule has 3 rings (SSSR count). The Morgan fingerprint density at radius 1 is 1.14 bits per heavy atom. The van der Waals surface area contributed by atoms with Crippen LogP contribution in [0.5, 0.6) is 0 Å². The predicted molar refractivity (Wildman–Crippen MR) is 111 cm³/mol. The number of para-hydroxylation sites is 2. The molecule has 0 aliphatic rings. The number of carbonyl (C=O) groups is 1. The summed E-state index contributed by atoms with van der Waals surface area (Å²) < 4.78 is 0. The van der Waals surface area contributed by atoms with Crippen molar-refractivity contribution in [1.82, 2.24) is 10.3 Å². The van der Waals surface area contributed by atoms with Crippen molar-refractivity contribution in [2.45, 2.75) is 13.3 Å². The monoisotopic (exact) mass is 396 g/mol. The van der Waals surface area contributed by atoms with Crippen LogP contribution in [0.4, 0.5) is 11.4 Å². The first-order chi connectivity index (χ1) is 13.5. The van der Waals surface area contributed by atoms with Gasteiger partial charge in [-0.1, -0.05) is 36.4 Å². The van der Waals surface area contributed by atoms with Gasteiger partial charge in [-0.15, -0.1) is 11.3 Å². The van der Waals surface area contributed by atoms with E-state index in [1.54, 1.807) is 29.5 Å². The highest BCUT2D eigenvalue weighted by atomic mass is 32.1. The first-order valence-electron chi connectivity index (χ1n) is 8.78. The maximum atomic E-state index is 12.1. The number of nitrogens with zero attached hydrogens (tertiary/aromatic N) is 2. The number of anilines is 1. The van der Waals surface area contributed by atoms with E-state index in [2.05, 4.69) is 15.6 Å². The van der Waals surface area contributed by atoms with E-state index in [9.17, 15) is 14.9 Å². The molecule has 1 heterocycles. The minimum atomic E-state index is -0.433. The lowest BCUT2D eigenvalue weighted by Gasteiger charge is -2.08. The first-order valence-corrected chi connectivity index (χ1v) is 9.66. The molecule has 144 valence electrons. The smallest absolute Gasteiger partial charge is 0.292 e. The summed E-state index contributed by atoms with van der Waals surface area (Å²) in [6.45, 7) is 2.75. The van der Waals surface area contributed by atoms with Crippen LogP contribution < -0.4 is 10.6 Å². The lowest BCUT2D eigenvalue weighted by Crippen LogP contribution is -2.30. The second-order valence-electron chi connectivity index (χ2n) is 6.18. The number of aromatic nitrogens is 1. The van der Waals surface area contributed by atoms with Gasteiger partial charge in [0.2, 0.25) is 5.91 Å². The number of nitrogens with one attached hydrogen (secondary N) is 2. The SMILES string of the molecule is Cc1nc(-c2ccc(CC(=O)NCCNc3ccccc3[N+](=O)[O-])cc2)cs1. The number of hydrogen-bond acceptors (Lipinski definition) is 6. The second kappa shape index (κ2) is 9.09. The molecule has 2 aromatic carbocycles. The van der Waals surface area contributed by atoms with Gasteiger partial charge in [-0.2, -0.15) is 0 Å². The van der Waals surface area contributed by atoms with Crippen LogP contribution >= 0.6 is 11.3 Å². The maximum absolute atomic E-state index is 12.1. The number of benzene rings is 2. The van der Waals surface area contributed by atoms with E-state index in [1.807, 2.05) is 36.6 Å². The Kier molecular flexibility index (Phi) is 6.33. The van der Waals surface area contributed by atoms with Crippen molar-refractivity contribution < 1.29 is 9.72 Å². The fraction of sp³-hybridized carbons (Fsp3) is 0.200. The Morgan fingerprint density at radius 3 is 2.57 bits per heavy atom. The van der Waals surface area contributed by atoms with Crippen LogP contribution in [-0.2, 0) is 11.2 Å². The molecular weight excluding hydrogens is 376 g/mol. The molecule has 28 heavy (non-hydrogen) atoms. The van der Waals surface area contributed by atoms with Crippen molar-refractivity contribution in [1.29, 1.82) is 0 Å². The molecule has 0 atom stereocenters. The average Bonchev–Trinajstić information content (AvgIpc) is 3.12. The molecule has 0 radical (unpaired) electrons. The van der Waals surface area contributed by atoms with E-state index in [4.69, 9.17) is 0 Å². The Morgan fingerprint density at radius 2 is 1.89 bits per heavy atom. The van der Waals surface area contributed by atoms with Crippen LogP contribution in [0, 0.1) is 17.0 Å². The van der Waals surface area contributed by atoms with Gasteiger partial charge in [0.1, 0.15) is 5.69 Å². The third kappa shape index (κ3) is 5.14. The highest BCUT2D eigenvalue weighted by Gasteiger charge is 2.11. The zero-order valence-corrected chi connectivity index (χ0v) is 16.2. The minimum absolute atomic E-state index is 0.0178. The minimum Gasteiger partial charge on any atom is -0.378 e. The summed E-state index contributed by atoms with van der Waals surface area (Å²) in [6, 6.07) is 14.2. The third-order valence-electron chi connectivity index (χ3n) is 4.10. The van der Waals surface area contributed by atoms with Gasteiger partial charge in [-0.3, -0.25) is 14.9 Å². The molecular formula is C20H20N4O3S. The molecule has 0 aliphatic carbocycles. The van der Waals surface area contributed by atoms with Crippen LogP contribution in [0.15, 0.2) is 53.9 Å². The van der Waals surface area contributed by atoms with E-state index < -0.39 is 4.92 Å². The number of rotatable bonds is 8. The van der Waals surface area contributed by atoms with E-state index in [-0.39, 0.29) is 18.0 Å². The molecule has 7 nitrogen and oxygen atoms in total. The third-order valence-corrected chi connectivity index (χ3v) is 4.87. The average molecular weight is 396 g/mol. The lowest BCUT2D eigenvalue weighted by atomic mass is 10.1.